The molecule has 3 heteroatoms. The molecule has 0 aliphatic heterocycles. The maximum atomic E-state index is 5.82. The fourth-order valence-corrected chi connectivity index (χ4v) is 2.48. The zero-order valence-corrected chi connectivity index (χ0v) is 11.7. The molecule has 0 amide bonds. The second-order valence-corrected chi connectivity index (χ2v) is 4.91. The maximum absolute atomic E-state index is 5.82. The molecule has 0 heterocycles. The molecule has 21 heavy (non-hydrogen) atoms. The van der Waals surface area contributed by atoms with Gasteiger partial charge in [-0.15, -0.1) is 0 Å². The van der Waals surface area contributed by atoms with Gasteiger partial charge in [-0.25, -0.2) is 5.43 Å². The quantitative estimate of drug-likeness (QED) is 0.555. The van der Waals surface area contributed by atoms with Crippen LogP contribution in [0.3, 0.4) is 0 Å². The van der Waals surface area contributed by atoms with Crippen LogP contribution in [-0.2, 0) is 0 Å². The van der Waals surface area contributed by atoms with E-state index in [2.05, 4.69) is 29.7 Å². The molecule has 3 N–H and O–H groups in total. The van der Waals surface area contributed by atoms with E-state index in [9.17, 15) is 0 Å². The van der Waals surface area contributed by atoms with Crippen molar-refractivity contribution in [2.24, 2.45) is 5.84 Å². The third-order valence-electron chi connectivity index (χ3n) is 3.56. The van der Waals surface area contributed by atoms with E-state index in [0.29, 0.717) is 6.61 Å². The third kappa shape index (κ3) is 3.05. The number of rotatable bonds is 5. The molecule has 106 valence electrons. The predicted molar refractivity (Wildman–Crippen MR) is 85.9 cm³/mol. The van der Waals surface area contributed by atoms with E-state index in [0.717, 1.165) is 11.3 Å². The zero-order chi connectivity index (χ0) is 14.5. The Kier molecular flexibility index (Phi) is 4.15. The van der Waals surface area contributed by atoms with Gasteiger partial charge in [-0.05, 0) is 28.5 Å². The summed E-state index contributed by atoms with van der Waals surface area (Å²) in [5, 5.41) is 2.40. The number of nitrogens with two attached hydrogens (primary N) is 1. The van der Waals surface area contributed by atoms with Gasteiger partial charge < -0.3 is 4.74 Å². The van der Waals surface area contributed by atoms with Gasteiger partial charge in [-0.2, -0.15) is 0 Å². The summed E-state index contributed by atoms with van der Waals surface area (Å²) >= 11 is 0. The van der Waals surface area contributed by atoms with Crippen LogP contribution in [0.4, 0.5) is 0 Å². The number of benzene rings is 3. The summed E-state index contributed by atoms with van der Waals surface area (Å²) < 4.78 is 5.82. The zero-order valence-electron chi connectivity index (χ0n) is 11.7. The summed E-state index contributed by atoms with van der Waals surface area (Å²) in [7, 11) is 0. The van der Waals surface area contributed by atoms with Crippen molar-refractivity contribution in [3.63, 3.8) is 0 Å². The van der Waals surface area contributed by atoms with E-state index in [-0.39, 0.29) is 6.04 Å². The molecule has 1 unspecified atom stereocenters. The summed E-state index contributed by atoms with van der Waals surface area (Å²) in [5.74, 6) is 6.58. The predicted octanol–water partition coefficient (Wildman–Crippen LogP) is 3.42. The van der Waals surface area contributed by atoms with Gasteiger partial charge in [-0.1, -0.05) is 60.7 Å². The number of nitrogens with one attached hydrogen (secondary N) is 1. The molecular formula is C18H18N2O. The van der Waals surface area contributed by atoms with Gasteiger partial charge in [-0.3, -0.25) is 5.84 Å². The van der Waals surface area contributed by atoms with Crippen molar-refractivity contribution in [3.8, 4) is 5.75 Å². The first-order valence-electron chi connectivity index (χ1n) is 7.00. The Morgan fingerprint density at radius 2 is 1.57 bits per heavy atom. The molecule has 0 bridgehead atoms. The lowest BCUT2D eigenvalue weighted by Gasteiger charge is -2.19. The van der Waals surface area contributed by atoms with E-state index in [1.165, 1.54) is 10.8 Å². The maximum Gasteiger partial charge on any atom is 0.119 e. The van der Waals surface area contributed by atoms with Crippen LogP contribution in [0.15, 0.2) is 72.8 Å². The number of ether oxygens (including phenoxy) is 1. The lowest BCUT2D eigenvalue weighted by molar-refractivity contribution is 0.268. The number of para-hydroxylation sites is 1. The molecule has 0 saturated carbocycles. The first-order chi connectivity index (χ1) is 10.4. The standard InChI is InChI=1S/C18H18N2O/c19-20-18(13-21-15-9-2-1-3-10-15)17-12-6-8-14-7-4-5-11-16(14)17/h1-12,18,20H,13,19H2. The van der Waals surface area contributed by atoms with Crippen LogP contribution in [0.2, 0.25) is 0 Å². The minimum absolute atomic E-state index is 0.0590. The Labute approximate surface area is 124 Å². The summed E-state index contributed by atoms with van der Waals surface area (Å²) in [6.07, 6.45) is 0. The Morgan fingerprint density at radius 1 is 0.857 bits per heavy atom. The van der Waals surface area contributed by atoms with Gasteiger partial charge in [0.25, 0.3) is 0 Å². The van der Waals surface area contributed by atoms with E-state index in [1.54, 1.807) is 0 Å². The highest BCUT2D eigenvalue weighted by Gasteiger charge is 2.13. The highest BCUT2D eigenvalue weighted by atomic mass is 16.5. The van der Waals surface area contributed by atoms with Crippen LogP contribution < -0.4 is 16.0 Å². The molecule has 0 fully saturated rings. The lowest BCUT2D eigenvalue weighted by atomic mass is 9.99. The number of hydrogen-bond donors (Lipinski definition) is 2. The van der Waals surface area contributed by atoms with Crippen molar-refractivity contribution >= 4 is 10.8 Å². The minimum atomic E-state index is -0.0590. The molecule has 3 rings (SSSR count). The summed E-state index contributed by atoms with van der Waals surface area (Å²) in [4.78, 5) is 0. The van der Waals surface area contributed by atoms with E-state index < -0.39 is 0 Å². The smallest absolute Gasteiger partial charge is 0.119 e. The molecule has 0 aliphatic carbocycles. The van der Waals surface area contributed by atoms with Gasteiger partial charge in [0.15, 0.2) is 0 Å². The third-order valence-corrected chi connectivity index (χ3v) is 3.56. The number of fused-ring (bicyclic) bond motifs is 1. The van der Waals surface area contributed by atoms with E-state index in [4.69, 9.17) is 10.6 Å². The van der Waals surface area contributed by atoms with Gasteiger partial charge >= 0.3 is 0 Å². The molecule has 0 spiro atoms. The van der Waals surface area contributed by atoms with Crippen molar-refractivity contribution in [1.82, 2.24) is 5.43 Å². The van der Waals surface area contributed by atoms with Crippen molar-refractivity contribution in [2.75, 3.05) is 6.61 Å². The Morgan fingerprint density at radius 3 is 2.38 bits per heavy atom. The highest BCUT2D eigenvalue weighted by Crippen LogP contribution is 2.24. The molecule has 3 nitrogen and oxygen atoms in total. The largest absolute Gasteiger partial charge is 0.492 e. The number of hydrogen-bond acceptors (Lipinski definition) is 3. The number of hydrazine groups is 1. The molecule has 1 atom stereocenters. The summed E-state index contributed by atoms with van der Waals surface area (Å²) in [6, 6.07) is 24.2. The van der Waals surface area contributed by atoms with Crippen LogP contribution >= 0.6 is 0 Å². The Bertz CT molecular complexity index is 707. The van der Waals surface area contributed by atoms with E-state index >= 15 is 0 Å². The molecule has 0 aromatic heterocycles. The van der Waals surface area contributed by atoms with Crippen LogP contribution in [0.1, 0.15) is 11.6 Å². The van der Waals surface area contributed by atoms with Gasteiger partial charge in [0.05, 0.1) is 6.04 Å². The topological polar surface area (TPSA) is 47.3 Å². The fourth-order valence-electron chi connectivity index (χ4n) is 2.48. The molecule has 3 aromatic rings. The first-order valence-corrected chi connectivity index (χ1v) is 7.00. The Hall–Kier alpha value is -2.36. The van der Waals surface area contributed by atoms with Crippen molar-refractivity contribution in [3.05, 3.63) is 78.4 Å². The second-order valence-electron chi connectivity index (χ2n) is 4.91. The molecule has 0 saturated heterocycles. The van der Waals surface area contributed by atoms with Crippen LogP contribution in [-0.4, -0.2) is 6.61 Å². The van der Waals surface area contributed by atoms with Crippen molar-refractivity contribution < 1.29 is 4.74 Å². The van der Waals surface area contributed by atoms with Crippen molar-refractivity contribution in [2.45, 2.75) is 6.04 Å². The van der Waals surface area contributed by atoms with Crippen LogP contribution in [0, 0.1) is 0 Å². The average Bonchev–Trinajstić information content (AvgIpc) is 2.56. The second kappa shape index (κ2) is 6.39. The summed E-state index contributed by atoms with van der Waals surface area (Å²) in [5.41, 5.74) is 4.00. The fraction of sp³-hybridized carbons (Fsp3) is 0.111. The Balaban J connectivity index is 1.85. The minimum Gasteiger partial charge on any atom is -0.492 e. The normalized spacial score (nSPS) is 12.2. The van der Waals surface area contributed by atoms with E-state index in [1.807, 2.05) is 48.5 Å². The monoisotopic (exact) mass is 278 g/mol. The SMILES string of the molecule is NNC(COc1ccccc1)c1cccc2ccccc12. The molecule has 3 aromatic carbocycles. The van der Waals surface area contributed by atoms with Crippen molar-refractivity contribution in [1.29, 1.82) is 0 Å². The van der Waals surface area contributed by atoms with Gasteiger partial charge in [0.1, 0.15) is 12.4 Å². The molecular weight excluding hydrogens is 260 g/mol. The first kappa shape index (κ1) is 13.6. The molecule has 0 aliphatic rings. The van der Waals surface area contributed by atoms with Gasteiger partial charge in [0, 0.05) is 0 Å². The molecule has 0 radical (unpaired) electrons. The average molecular weight is 278 g/mol. The summed E-state index contributed by atoms with van der Waals surface area (Å²) in [6.45, 7) is 0.481. The van der Waals surface area contributed by atoms with Crippen LogP contribution in [0.25, 0.3) is 10.8 Å². The van der Waals surface area contributed by atoms with Crippen LogP contribution in [0.5, 0.6) is 5.75 Å². The van der Waals surface area contributed by atoms with Gasteiger partial charge in [0.2, 0.25) is 0 Å². The lowest BCUT2D eigenvalue weighted by Crippen LogP contribution is -2.32. The highest BCUT2D eigenvalue weighted by molar-refractivity contribution is 5.86.